The van der Waals surface area contributed by atoms with Crippen LogP contribution in [0.5, 0.6) is 0 Å². The van der Waals surface area contributed by atoms with Gasteiger partial charge in [0.2, 0.25) is 0 Å². The minimum Gasteiger partial charge on any atom is -0.394 e. The van der Waals surface area contributed by atoms with E-state index in [2.05, 4.69) is 14.5 Å². The Morgan fingerprint density at radius 1 is 1.60 bits per heavy atom. The van der Waals surface area contributed by atoms with E-state index in [1.807, 2.05) is 19.3 Å². The Bertz CT molecular complexity index is 334. The predicted molar refractivity (Wildman–Crippen MR) is 57.2 cm³/mol. The van der Waals surface area contributed by atoms with E-state index in [-0.39, 0.29) is 6.61 Å². The number of imidazole rings is 1. The monoisotopic (exact) mass is 210 g/mol. The Morgan fingerprint density at radius 2 is 2.40 bits per heavy atom. The largest absolute Gasteiger partial charge is 0.394 e. The molecule has 0 saturated carbocycles. The molecule has 0 spiro atoms. The van der Waals surface area contributed by atoms with Crippen LogP contribution < -0.4 is 5.73 Å². The fourth-order valence-electron chi connectivity index (χ4n) is 1.92. The highest BCUT2D eigenvalue weighted by Crippen LogP contribution is 2.12. The minimum absolute atomic E-state index is 0.0118. The van der Waals surface area contributed by atoms with E-state index < -0.39 is 5.54 Å². The van der Waals surface area contributed by atoms with Gasteiger partial charge in [0.15, 0.2) is 0 Å². The van der Waals surface area contributed by atoms with Crippen LogP contribution in [0.4, 0.5) is 0 Å². The SMILES string of the molecule is CC(N)(CO)CN1CCn2ccnc2C1. The molecule has 0 saturated heterocycles. The summed E-state index contributed by atoms with van der Waals surface area (Å²) < 4.78 is 2.16. The first-order valence-corrected chi connectivity index (χ1v) is 5.23. The van der Waals surface area contributed by atoms with Gasteiger partial charge in [-0.2, -0.15) is 0 Å². The average molecular weight is 210 g/mol. The molecule has 0 aliphatic carbocycles. The van der Waals surface area contributed by atoms with Crippen molar-refractivity contribution >= 4 is 0 Å². The van der Waals surface area contributed by atoms with Crippen LogP contribution in [0.3, 0.4) is 0 Å². The Balaban J connectivity index is 1.98. The lowest BCUT2D eigenvalue weighted by molar-refractivity contribution is 0.127. The second-order valence-electron chi connectivity index (χ2n) is 4.56. The summed E-state index contributed by atoms with van der Waals surface area (Å²) in [4.78, 5) is 6.52. The quantitative estimate of drug-likeness (QED) is 0.699. The zero-order chi connectivity index (χ0) is 10.9. The first kappa shape index (κ1) is 10.6. The highest BCUT2D eigenvalue weighted by atomic mass is 16.3. The highest BCUT2D eigenvalue weighted by molar-refractivity contribution is 4.96. The van der Waals surface area contributed by atoms with Gasteiger partial charge in [-0.1, -0.05) is 0 Å². The number of aromatic nitrogens is 2. The summed E-state index contributed by atoms with van der Waals surface area (Å²) in [5.41, 5.74) is 5.40. The molecular formula is C10H18N4O. The van der Waals surface area contributed by atoms with Gasteiger partial charge < -0.3 is 15.4 Å². The molecule has 2 rings (SSSR count). The Morgan fingerprint density at radius 3 is 3.13 bits per heavy atom. The van der Waals surface area contributed by atoms with Crippen molar-refractivity contribution in [3.05, 3.63) is 18.2 Å². The minimum atomic E-state index is -0.519. The second kappa shape index (κ2) is 3.92. The average Bonchev–Trinajstić information content (AvgIpc) is 2.64. The van der Waals surface area contributed by atoms with E-state index >= 15 is 0 Å². The van der Waals surface area contributed by atoms with Gasteiger partial charge in [-0.3, -0.25) is 4.90 Å². The maximum absolute atomic E-state index is 9.11. The van der Waals surface area contributed by atoms with Crippen molar-refractivity contribution in [2.75, 3.05) is 19.7 Å². The normalized spacial score (nSPS) is 21.0. The third-order valence-electron chi connectivity index (χ3n) is 2.77. The summed E-state index contributed by atoms with van der Waals surface area (Å²) in [5, 5.41) is 9.11. The molecule has 15 heavy (non-hydrogen) atoms. The fraction of sp³-hybridized carbons (Fsp3) is 0.700. The zero-order valence-corrected chi connectivity index (χ0v) is 9.06. The predicted octanol–water partition coefficient (Wildman–Crippen LogP) is -0.592. The molecule has 0 radical (unpaired) electrons. The smallest absolute Gasteiger partial charge is 0.122 e. The molecule has 1 aromatic heterocycles. The molecule has 1 aliphatic rings. The second-order valence-corrected chi connectivity index (χ2v) is 4.56. The number of nitrogens with zero attached hydrogens (tertiary/aromatic N) is 3. The molecule has 0 bridgehead atoms. The Labute approximate surface area is 89.5 Å². The van der Waals surface area contributed by atoms with E-state index in [1.54, 1.807) is 0 Å². The van der Waals surface area contributed by atoms with Crippen LogP contribution in [0.15, 0.2) is 12.4 Å². The van der Waals surface area contributed by atoms with E-state index in [1.165, 1.54) is 0 Å². The summed E-state index contributed by atoms with van der Waals surface area (Å²) in [6.45, 7) is 5.33. The van der Waals surface area contributed by atoms with Crippen LogP contribution in [-0.2, 0) is 13.1 Å². The van der Waals surface area contributed by atoms with Gasteiger partial charge in [0.1, 0.15) is 5.82 Å². The topological polar surface area (TPSA) is 67.3 Å². The van der Waals surface area contributed by atoms with E-state index in [9.17, 15) is 0 Å². The van der Waals surface area contributed by atoms with Crippen molar-refractivity contribution in [1.82, 2.24) is 14.5 Å². The van der Waals surface area contributed by atoms with Crippen molar-refractivity contribution in [3.63, 3.8) is 0 Å². The molecule has 1 atom stereocenters. The fourth-order valence-corrected chi connectivity index (χ4v) is 1.92. The van der Waals surface area contributed by atoms with Gasteiger partial charge >= 0.3 is 0 Å². The number of hydrogen-bond acceptors (Lipinski definition) is 4. The molecule has 1 aliphatic heterocycles. The number of fused-ring (bicyclic) bond motifs is 1. The van der Waals surface area contributed by atoms with Gasteiger partial charge in [-0.15, -0.1) is 0 Å². The van der Waals surface area contributed by atoms with Gasteiger partial charge in [-0.25, -0.2) is 4.98 Å². The third-order valence-corrected chi connectivity index (χ3v) is 2.77. The Kier molecular flexibility index (Phi) is 2.77. The van der Waals surface area contributed by atoms with Gasteiger partial charge in [0.25, 0.3) is 0 Å². The van der Waals surface area contributed by atoms with Crippen LogP contribution in [0.25, 0.3) is 0 Å². The zero-order valence-electron chi connectivity index (χ0n) is 9.06. The summed E-state index contributed by atoms with van der Waals surface area (Å²) in [6.07, 6.45) is 3.83. The van der Waals surface area contributed by atoms with Crippen molar-refractivity contribution < 1.29 is 5.11 Å². The molecule has 5 heteroatoms. The maximum Gasteiger partial charge on any atom is 0.122 e. The summed E-state index contributed by atoms with van der Waals surface area (Å²) >= 11 is 0. The van der Waals surface area contributed by atoms with Crippen LogP contribution >= 0.6 is 0 Å². The number of nitrogens with two attached hydrogens (primary N) is 1. The third kappa shape index (κ3) is 2.37. The molecule has 0 fully saturated rings. The lowest BCUT2D eigenvalue weighted by Crippen LogP contribution is -2.52. The summed E-state index contributed by atoms with van der Waals surface area (Å²) in [7, 11) is 0. The van der Waals surface area contributed by atoms with Gasteiger partial charge in [0, 0.05) is 37.6 Å². The van der Waals surface area contributed by atoms with Crippen LogP contribution in [0.1, 0.15) is 12.7 Å². The molecule has 84 valence electrons. The van der Waals surface area contributed by atoms with Crippen LogP contribution in [0, 0.1) is 0 Å². The summed E-state index contributed by atoms with van der Waals surface area (Å²) in [5.74, 6) is 1.08. The van der Waals surface area contributed by atoms with Gasteiger partial charge in [-0.05, 0) is 6.92 Å². The molecule has 1 aromatic rings. The molecule has 2 heterocycles. The molecule has 0 aromatic carbocycles. The van der Waals surface area contributed by atoms with Crippen molar-refractivity contribution in [3.8, 4) is 0 Å². The molecular weight excluding hydrogens is 192 g/mol. The van der Waals surface area contributed by atoms with Gasteiger partial charge in [0.05, 0.1) is 13.2 Å². The van der Waals surface area contributed by atoms with Crippen molar-refractivity contribution in [1.29, 1.82) is 0 Å². The first-order chi connectivity index (χ1) is 7.11. The maximum atomic E-state index is 9.11. The van der Waals surface area contributed by atoms with Crippen molar-refractivity contribution in [2.45, 2.75) is 25.6 Å². The van der Waals surface area contributed by atoms with Crippen LogP contribution in [0.2, 0.25) is 0 Å². The Hall–Kier alpha value is -0.910. The number of aliphatic hydroxyl groups is 1. The van der Waals surface area contributed by atoms with E-state index in [0.29, 0.717) is 6.54 Å². The first-order valence-electron chi connectivity index (χ1n) is 5.23. The van der Waals surface area contributed by atoms with Crippen molar-refractivity contribution in [2.24, 2.45) is 5.73 Å². The standard InChI is InChI=1S/C10H18N4O/c1-10(11,8-15)7-13-4-5-14-3-2-12-9(14)6-13/h2-3,15H,4-8,11H2,1H3. The van der Waals surface area contributed by atoms with E-state index in [0.717, 1.165) is 25.5 Å². The molecule has 3 N–H and O–H groups in total. The molecule has 5 nitrogen and oxygen atoms in total. The summed E-state index contributed by atoms with van der Waals surface area (Å²) in [6, 6.07) is 0. The molecule has 1 unspecified atom stereocenters. The molecule has 0 amide bonds. The number of hydrogen-bond donors (Lipinski definition) is 2. The highest BCUT2D eigenvalue weighted by Gasteiger charge is 2.24. The van der Waals surface area contributed by atoms with Crippen LogP contribution in [-0.4, -0.2) is 44.8 Å². The lowest BCUT2D eigenvalue weighted by atomic mass is 10.0. The number of rotatable bonds is 3. The van der Waals surface area contributed by atoms with E-state index in [4.69, 9.17) is 10.8 Å². The number of aliphatic hydroxyl groups excluding tert-OH is 1. The lowest BCUT2D eigenvalue weighted by Gasteiger charge is -2.33.